The van der Waals surface area contributed by atoms with Gasteiger partial charge in [-0.15, -0.1) is 0 Å². The number of carbonyl (C=O) groups excluding carboxylic acids is 1. The molecule has 0 aliphatic carbocycles. The van der Waals surface area contributed by atoms with E-state index >= 15 is 0 Å². The van der Waals surface area contributed by atoms with Gasteiger partial charge < -0.3 is 14.4 Å². The molecule has 0 aromatic rings. The van der Waals surface area contributed by atoms with E-state index in [4.69, 9.17) is 9.05 Å². The van der Waals surface area contributed by atoms with Gasteiger partial charge in [-0.1, -0.05) is 0 Å². The third-order valence-electron chi connectivity index (χ3n) is 1.48. The molecule has 0 fully saturated rings. The summed E-state index contributed by atoms with van der Waals surface area (Å²) in [6, 6.07) is 0. The molecule has 0 saturated heterocycles. The van der Waals surface area contributed by atoms with Crippen molar-refractivity contribution in [3.8, 4) is 0 Å². The molecule has 1 unspecified atom stereocenters. The predicted octanol–water partition coefficient (Wildman–Crippen LogP) is 2.04. The molecule has 90 valence electrons. The summed E-state index contributed by atoms with van der Waals surface area (Å²) in [5.74, 6) is -0.195. The van der Waals surface area contributed by atoms with Gasteiger partial charge in [0.15, 0.2) is 0 Å². The molecule has 0 aromatic carbocycles. The predicted molar refractivity (Wildman–Crippen MR) is 62.0 cm³/mol. The molecule has 1 N–H and O–H groups in total. The fraction of sp³-hybridized carbons (Fsp3) is 0.875. The normalized spacial score (nSPS) is 13.6. The molecule has 0 saturated carbocycles. The zero-order chi connectivity index (χ0) is 11.9. The summed E-state index contributed by atoms with van der Waals surface area (Å²) in [5.41, 5.74) is 0. The second-order valence-electron chi connectivity index (χ2n) is 2.64. The summed E-state index contributed by atoms with van der Waals surface area (Å²) >= 11 is 0.928. The molecular weight excluding hydrogens is 237 g/mol. The highest BCUT2D eigenvalue weighted by Gasteiger charge is 2.30. The van der Waals surface area contributed by atoms with E-state index < -0.39 is 12.0 Å². The Morgan fingerprint density at radius 3 is 2.20 bits per heavy atom. The molecule has 1 amide bonds. The van der Waals surface area contributed by atoms with Gasteiger partial charge in [-0.05, 0) is 32.2 Å². The minimum absolute atomic E-state index is 0.195. The van der Waals surface area contributed by atoms with E-state index in [1.165, 1.54) is 7.05 Å². The van der Waals surface area contributed by atoms with E-state index in [1.54, 1.807) is 20.8 Å². The Morgan fingerprint density at radius 1 is 1.40 bits per heavy atom. The third kappa shape index (κ3) is 5.56. The molecular formula is C8H18NO4PS. The van der Waals surface area contributed by atoms with E-state index in [1.807, 2.05) is 0 Å². The maximum Gasteiger partial charge on any atom is 0.389 e. The van der Waals surface area contributed by atoms with Crippen molar-refractivity contribution in [3.63, 3.8) is 0 Å². The maximum absolute atomic E-state index is 12.0. The van der Waals surface area contributed by atoms with Crippen molar-refractivity contribution in [3.05, 3.63) is 0 Å². The van der Waals surface area contributed by atoms with Gasteiger partial charge in [0, 0.05) is 7.05 Å². The largest absolute Gasteiger partial charge is 0.389 e. The summed E-state index contributed by atoms with van der Waals surface area (Å²) < 4.78 is 22.1. The number of amides is 1. The first kappa shape index (κ1) is 15.0. The molecule has 0 bridgehead atoms. The standard InChI is InChI=1S/C8H18NO4PS/c1-5-12-14(11,13-6-2)15-7(3)8(10)9-4/h7H,5-6H2,1-4H3,(H,9,10). The van der Waals surface area contributed by atoms with Crippen LogP contribution in [0.25, 0.3) is 0 Å². The summed E-state index contributed by atoms with van der Waals surface area (Å²) in [4.78, 5) is 11.2. The highest BCUT2D eigenvalue weighted by molar-refractivity contribution is 8.55. The number of hydrogen-bond donors (Lipinski definition) is 1. The molecule has 0 spiro atoms. The van der Waals surface area contributed by atoms with E-state index in [2.05, 4.69) is 5.32 Å². The summed E-state index contributed by atoms with van der Waals surface area (Å²) in [6.07, 6.45) is 0. The van der Waals surface area contributed by atoms with Crippen LogP contribution >= 0.6 is 18.2 Å². The minimum atomic E-state index is -3.19. The molecule has 7 heteroatoms. The van der Waals surface area contributed by atoms with Crippen LogP contribution in [0.1, 0.15) is 20.8 Å². The quantitative estimate of drug-likeness (QED) is 0.705. The second-order valence-corrected chi connectivity index (χ2v) is 6.95. The molecule has 1 atom stereocenters. The van der Waals surface area contributed by atoms with Crippen LogP contribution in [0.5, 0.6) is 0 Å². The summed E-state index contributed by atoms with van der Waals surface area (Å²) in [5, 5.41) is 2.02. The molecule has 0 rings (SSSR count). The monoisotopic (exact) mass is 255 g/mol. The lowest BCUT2D eigenvalue weighted by molar-refractivity contribution is -0.119. The lowest BCUT2D eigenvalue weighted by Crippen LogP contribution is -2.27. The average molecular weight is 255 g/mol. The van der Waals surface area contributed by atoms with Crippen LogP contribution in [0.4, 0.5) is 0 Å². The zero-order valence-corrected chi connectivity index (χ0v) is 11.2. The van der Waals surface area contributed by atoms with Crippen LogP contribution in [0.3, 0.4) is 0 Å². The molecule has 0 aliphatic heterocycles. The topological polar surface area (TPSA) is 64.6 Å². The number of rotatable bonds is 7. The number of carbonyl (C=O) groups is 1. The zero-order valence-electron chi connectivity index (χ0n) is 9.48. The summed E-state index contributed by atoms with van der Waals surface area (Å²) in [6.45, 7) is 2.53. The molecule has 0 aliphatic rings. The lowest BCUT2D eigenvalue weighted by atomic mass is 10.4. The van der Waals surface area contributed by atoms with E-state index in [-0.39, 0.29) is 5.91 Å². The molecule has 5 nitrogen and oxygen atoms in total. The molecule has 0 aromatic heterocycles. The van der Waals surface area contributed by atoms with Crippen molar-refractivity contribution in [1.29, 1.82) is 0 Å². The van der Waals surface area contributed by atoms with Crippen molar-refractivity contribution in [1.82, 2.24) is 5.32 Å². The Labute approximate surface area is 94.6 Å². The Hall–Kier alpha value is -0.0300. The van der Waals surface area contributed by atoms with Gasteiger partial charge in [0.25, 0.3) is 0 Å². The molecule has 0 heterocycles. The van der Waals surface area contributed by atoms with Gasteiger partial charge in [-0.25, -0.2) is 4.57 Å². The van der Waals surface area contributed by atoms with Crippen molar-refractivity contribution >= 4 is 24.1 Å². The van der Waals surface area contributed by atoms with Crippen molar-refractivity contribution in [2.75, 3.05) is 20.3 Å². The summed E-state index contributed by atoms with van der Waals surface area (Å²) in [7, 11) is 1.53. The van der Waals surface area contributed by atoms with Crippen molar-refractivity contribution in [2.24, 2.45) is 0 Å². The third-order valence-corrected chi connectivity index (χ3v) is 5.77. The SMILES string of the molecule is CCOP(=O)(OCC)SC(C)C(=O)NC. The molecule has 0 radical (unpaired) electrons. The van der Waals surface area contributed by atoms with Crippen molar-refractivity contribution < 1.29 is 18.4 Å². The van der Waals surface area contributed by atoms with E-state index in [0.717, 1.165) is 11.4 Å². The van der Waals surface area contributed by atoms with Gasteiger partial charge in [0.05, 0.1) is 18.5 Å². The minimum Gasteiger partial charge on any atom is -0.358 e. The van der Waals surface area contributed by atoms with Crippen LogP contribution in [0.2, 0.25) is 0 Å². The van der Waals surface area contributed by atoms with Crippen molar-refractivity contribution in [2.45, 2.75) is 26.0 Å². The first-order valence-corrected chi connectivity index (χ1v) is 7.81. The average Bonchev–Trinajstić information content (AvgIpc) is 2.16. The van der Waals surface area contributed by atoms with Gasteiger partial charge >= 0.3 is 6.80 Å². The Bertz CT molecular complexity index is 239. The maximum atomic E-state index is 12.0. The van der Waals surface area contributed by atoms with Crippen LogP contribution < -0.4 is 5.32 Å². The van der Waals surface area contributed by atoms with Crippen LogP contribution in [0.15, 0.2) is 0 Å². The first-order chi connectivity index (χ1) is 6.99. The van der Waals surface area contributed by atoms with Gasteiger partial charge in [-0.2, -0.15) is 0 Å². The Kier molecular flexibility index (Phi) is 7.26. The number of nitrogens with one attached hydrogen (secondary N) is 1. The fourth-order valence-corrected chi connectivity index (χ4v) is 4.74. The van der Waals surface area contributed by atoms with E-state index in [0.29, 0.717) is 13.2 Å². The van der Waals surface area contributed by atoms with E-state index in [9.17, 15) is 9.36 Å². The van der Waals surface area contributed by atoms with Gasteiger partial charge in [0.1, 0.15) is 0 Å². The fourth-order valence-electron chi connectivity index (χ4n) is 0.859. The highest BCUT2D eigenvalue weighted by Crippen LogP contribution is 2.62. The smallest absolute Gasteiger partial charge is 0.358 e. The van der Waals surface area contributed by atoms with Crippen LogP contribution in [-0.4, -0.2) is 31.4 Å². The first-order valence-electron chi connectivity index (χ1n) is 4.78. The highest BCUT2D eigenvalue weighted by atomic mass is 32.7. The second kappa shape index (κ2) is 7.28. The van der Waals surface area contributed by atoms with Gasteiger partial charge in [0.2, 0.25) is 5.91 Å². The Balaban J connectivity index is 4.40. The van der Waals surface area contributed by atoms with Crippen LogP contribution in [0, 0.1) is 0 Å². The lowest BCUT2D eigenvalue weighted by Gasteiger charge is -2.18. The Morgan fingerprint density at radius 2 is 1.87 bits per heavy atom. The van der Waals surface area contributed by atoms with Crippen LogP contribution in [-0.2, 0) is 18.4 Å². The molecule has 15 heavy (non-hydrogen) atoms. The van der Waals surface area contributed by atoms with Gasteiger partial charge in [-0.3, -0.25) is 4.79 Å². The number of hydrogen-bond acceptors (Lipinski definition) is 5.